The van der Waals surface area contributed by atoms with Gasteiger partial charge in [-0.15, -0.1) is 0 Å². The van der Waals surface area contributed by atoms with Crippen molar-refractivity contribution in [3.63, 3.8) is 0 Å². The van der Waals surface area contributed by atoms with Crippen LogP contribution in [0.15, 0.2) is 48.7 Å². The van der Waals surface area contributed by atoms with E-state index in [9.17, 15) is 9.18 Å². The van der Waals surface area contributed by atoms with Crippen LogP contribution in [0.1, 0.15) is 53.9 Å². The first kappa shape index (κ1) is 18.4. The number of nitrogens with one attached hydrogen (secondary N) is 2. The summed E-state index contributed by atoms with van der Waals surface area (Å²) in [6.45, 7) is 2.44. The molecule has 0 bridgehead atoms. The molecule has 0 radical (unpaired) electrons. The summed E-state index contributed by atoms with van der Waals surface area (Å²) in [4.78, 5) is 18.6. The van der Waals surface area contributed by atoms with Gasteiger partial charge < -0.3 is 15.2 Å². The summed E-state index contributed by atoms with van der Waals surface area (Å²) in [7, 11) is 0. The molecule has 0 aliphatic carbocycles. The van der Waals surface area contributed by atoms with Crippen LogP contribution in [0.4, 0.5) is 10.1 Å². The number of carbonyl (C=O) groups is 1. The zero-order valence-electron chi connectivity index (χ0n) is 16.5. The number of rotatable bonds is 3. The number of aromatic nitrogens is 1. The third kappa shape index (κ3) is 3.67. The van der Waals surface area contributed by atoms with Gasteiger partial charge in [-0.2, -0.15) is 0 Å². The third-order valence-corrected chi connectivity index (χ3v) is 6.59. The van der Waals surface area contributed by atoms with Crippen LogP contribution in [0.5, 0.6) is 0 Å². The number of halogens is 1. The van der Waals surface area contributed by atoms with Crippen molar-refractivity contribution in [1.82, 2.24) is 9.88 Å². The zero-order valence-corrected chi connectivity index (χ0v) is 16.5. The van der Waals surface area contributed by atoms with Gasteiger partial charge >= 0.3 is 0 Å². The van der Waals surface area contributed by atoms with Crippen LogP contribution in [0.3, 0.4) is 0 Å². The predicted molar refractivity (Wildman–Crippen MR) is 114 cm³/mol. The van der Waals surface area contributed by atoms with Crippen LogP contribution in [-0.4, -0.2) is 34.9 Å². The van der Waals surface area contributed by atoms with Crippen molar-refractivity contribution in [3.05, 3.63) is 65.6 Å². The molecule has 0 saturated carbocycles. The molecular weight excluding hydrogens is 365 g/mol. The second-order valence-electron chi connectivity index (χ2n) is 8.37. The van der Waals surface area contributed by atoms with Gasteiger partial charge in [0.2, 0.25) is 0 Å². The molecule has 29 heavy (non-hydrogen) atoms. The van der Waals surface area contributed by atoms with Crippen molar-refractivity contribution in [3.8, 4) is 0 Å². The number of carbonyl (C=O) groups excluding carboxylic acids is 1. The smallest absolute Gasteiger partial charge is 0.255 e. The Morgan fingerprint density at radius 3 is 2.79 bits per heavy atom. The molecule has 2 N–H and O–H groups in total. The highest BCUT2D eigenvalue weighted by molar-refractivity contribution is 6.05. The summed E-state index contributed by atoms with van der Waals surface area (Å²) in [6, 6.07) is 12.3. The van der Waals surface area contributed by atoms with Crippen molar-refractivity contribution < 1.29 is 9.18 Å². The first-order chi connectivity index (χ1) is 14.2. The Kier molecular flexibility index (Phi) is 4.84. The lowest BCUT2D eigenvalue weighted by atomic mass is 9.82. The lowest BCUT2D eigenvalue weighted by Crippen LogP contribution is -2.44. The van der Waals surface area contributed by atoms with E-state index in [2.05, 4.69) is 27.5 Å². The Balaban J connectivity index is 1.37. The Morgan fingerprint density at radius 1 is 1.07 bits per heavy atom. The summed E-state index contributed by atoms with van der Waals surface area (Å²) >= 11 is 0. The second-order valence-corrected chi connectivity index (χ2v) is 8.37. The number of nitrogens with zero attached hydrogens (tertiary/aromatic N) is 1. The maximum Gasteiger partial charge on any atom is 0.255 e. The summed E-state index contributed by atoms with van der Waals surface area (Å²) in [5, 5.41) is 4.14. The van der Waals surface area contributed by atoms with E-state index in [-0.39, 0.29) is 11.7 Å². The average Bonchev–Trinajstić information content (AvgIpc) is 3.17. The Labute approximate surface area is 170 Å². The molecule has 3 aromatic rings. The fourth-order valence-corrected chi connectivity index (χ4v) is 5.03. The van der Waals surface area contributed by atoms with E-state index >= 15 is 0 Å². The van der Waals surface area contributed by atoms with Crippen LogP contribution in [-0.2, 0) is 0 Å². The van der Waals surface area contributed by atoms with Crippen LogP contribution in [0.25, 0.3) is 10.9 Å². The van der Waals surface area contributed by atoms with E-state index in [1.54, 1.807) is 0 Å². The number of piperidine rings is 2. The number of H-pyrrole nitrogens is 1. The van der Waals surface area contributed by atoms with Crippen molar-refractivity contribution in [2.45, 2.75) is 44.1 Å². The summed E-state index contributed by atoms with van der Waals surface area (Å²) in [5.74, 6) is -0.00736. The van der Waals surface area contributed by atoms with Crippen LogP contribution >= 0.6 is 0 Å². The molecule has 1 aromatic heterocycles. The van der Waals surface area contributed by atoms with Crippen molar-refractivity contribution >= 4 is 22.5 Å². The predicted octanol–water partition coefficient (Wildman–Crippen LogP) is 5.29. The zero-order chi connectivity index (χ0) is 19.8. The van der Waals surface area contributed by atoms with Crippen LogP contribution < -0.4 is 5.32 Å². The molecule has 5 heteroatoms. The van der Waals surface area contributed by atoms with Crippen molar-refractivity contribution in [2.24, 2.45) is 0 Å². The Hall–Kier alpha value is -2.66. The highest BCUT2D eigenvalue weighted by Gasteiger charge is 2.31. The summed E-state index contributed by atoms with van der Waals surface area (Å²) in [5.41, 5.74) is 3.68. The Morgan fingerprint density at radius 2 is 1.93 bits per heavy atom. The summed E-state index contributed by atoms with van der Waals surface area (Å²) < 4.78 is 13.1. The highest BCUT2D eigenvalue weighted by atomic mass is 19.1. The van der Waals surface area contributed by atoms with E-state index in [1.165, 1.54) is 80.4 Å². The number of amides is 1. The van der Waals surface area contributed by atoms with E-state index < -0.39 is 0 Å². The first-order valence-electron chi connectivity index (χ1n) is 10.6. The SMILES string of the molecule is O=C(Nc1ccc2[nH]cc(C3CCN4CCCCC4C3)c2c1)c1ccc(F)cc1. The minimum absolute atomic E-state index is 0.225. The molecule has 2 unspecified atom stereocenters. The normalized spacial score (nSPS) is 22.4. The van der Waals surface area contributed by atoms with Gasteiger partial charge in [0.25, 0.3) is 5.91 Å². The molecule has 3 heterocycles. The van der Waals surface area contributed by atoms with E-state index in [0.717, 1.165) is 11.2 Å². The first-order valence-corrected chi connectivity index (χ1v) is 10.6. The molecular formula is C24H26FN3O. The fourth-order valence-electron chi connectivity index (χ4n) is 5.03. The molecule has 2 fully saturated rings. The molecule has 0 spiro atoms. The van der Waals surface area contributed by atoms with Gasteiger partial charge in [0.05, 0.1) is 0 Å². The number of anilines is 1. The minimum Gasteiger partial charge on any atom is -0.361 e. The van der Waals surface area contributed by atoms with Gasteiger partial charge in [0, 0.05) is 34.4 Å². The standard InChI is InChI=1S/C24H26FN3O/c25-18-6-4-16(5-7-18)24(29)27-19-8-9-23-21(14-19)22(15-26-23)17-10-12-28-11-2-1-3-20(28)13-17/h4-9,14-15,17,20,26H,1-3,10-13H2,(H,27,29). The van der Waals surface area contributed by atoms with Gasteiger partial charge in [-0.25, -0.2) is 4.39 Å². The highest BCUT2D eigenvalue weighted by Crippen LogP contribution is 2.38. The van der Waals surface area contributed by atoms with Gasteiger partial charge in [-0.05, 0) is 92.7 Å². The van der Waals surface area contributed by atoms with Crippen LogP contribution in [0, 0.1) is 5.82 Å². The second kappa shape index (κ2) is 7.64. The van der Waals surface area contributed by atoms with Crippen LogP contribution in [0.2, 0.25) is 0 Å². The van der Waals surface area contributed by atoms with E-state index in [0.29, 0.717) is 17.5 Å². The van der Waals surface area contributed by atoms with Gasteiger partial charge in [-0.1, -0.05) is 6.42 Å². The number of hydrogen-bond acceptors (Lipinski definition) is 2. The summed E-state index contributed by atoms with van der Waals surface area (Å²) in [6.07, 6.45) is 8.57. The topological polar surface area (TPSA) is 48.1 Å². The molecule has 2 atom stereocenters. The lowest BCUT2D eigenvalue weighted by Gasteiger charge is -2.42. The molecule has 2 aromatic carbocycles. The molecule has 2 aliphatic heterocycles. The van der Waals surface area contributed by atoms with Gasteiger partial charge in [0.15, 0.2) is 0 Å². The fraction of sp³-hybridized carbons (Fsp3) is 0.375. The van der Waals surface area contributed by atoms with Crippen molar-refractivity contribution in [1.29, 1.82) is 0 Å². The molecule has 5 rings (SSSR count). The lowest BCUT2D eigenvalue weighted by molar-refractivity contribution is 0.0977. The largest absolute Gasteiger partial charge is 0.361 e. The van der Waals surface area contributed by atoms with Gasteiger partial charge in [-0.3, -0.25) is 4.79 Å². The quantitative estimate of drug-likeness (QED) is 0.637. The van der Waals surface area contributed by atoms with E-state index in [4.69, 9.17) is 0 Å². The number of fused-ring (bicyclic) bond motifs is 2. The maximum absolute atomic E-state index is 13.1. The van der Waals surface area contributed by atoms with Crippen molar-refractivity contribution in [2.75, 3.05) is 18.4 Å². The maximum atomic E-state index is 13.1. The average molecular weight is 391 g/mol. The third-order valence-electron chi connectivity index (χ3n) is 6.59. The Bertz CT molecular complexity index is 1030. The number of benzene rings is 2. The van der Waals surface area contributed by atoms with E-state index in [1.807, 2.05) is 12.1 Å². The molecule has 1 amide bonds. The molecule has 4 nitrogen and oxygen atoms in total. The number of hydrogen-bond donors (Lipinski definition) is 2. The molecule has 150 valence electrons. The minimum atomic E-state index is -0.344. The molecule has 2 saturated heterocycles. The number of aromatic amines is 1. The monoisotopic (exact) mass is 391 g/mol. The van der Waals surface area contributed by atoms with Gasteiger partial charge in [0.1, 0.15) is 5.82 Å². The molecule has 2 aliphatic rings.